The van der Waals surface area contributed by atoms with Crippen LogP contribution in [0.2, 0.25) is 0 Å². The summed E-state index contributed by atoms with van der Waals surface area (Å²) in [5.41, 5.74) is 1.72. The Kier molecular flexibility index (Phi) is 6.36. The Morgan fingerprint density at radius 2 is 1.97 bits per heavy atom. The van der Waals surface area contributed by atoms with Crippen LogP contribution in [-0.2, 0) is 19.1 Å². The molecule has 1 aliphatic heterocycles. The van der Waals surface area contributed by atoms with Crippen LogP contribution >= 0.6 is 11.3 Å². The molecule has 10 heteroatoms. The zero-order valence-corrected chi connectivity index (χ0v) is 18.8. The molecule has 1 aromatic heterocycles. The van der Waals surface area contributed by atoms with Crippen molar-refractivity contribution in [3.63, 3.8) is 0 Å². The number of ether oxygens (including phenoxy) is 2. The van der Waals surface area contributed by atoms with Gasteiger partial charge in [0.1, 0.15) is 0 Å². The number of esters is 2. The second-order valence-corrected chi connectivity index (χ2v) is 8.36. The predicted octanol–water partition coefficient (Wildman–Crippen LogP) is 3.25. The van der Waals surface area contributed by atoms with Crippen molar-refractivity contribution in [1.29, 1.82) is 0 Å². The van der Waals surface area contributed by atoms with Crippen LogP contribution in [0.25, 0.3) is 10.2 Å². The first-order valence-electron chi connectivity index (χ1n) is 10.3. The van der Waals surface area contributed by atoms with Crippen molar-refractivity contribution in [3.05, 3.63) is 53.6 Å². The fraction of sp³-hybridized carbons (Fsp3) is 0.261. The third kappa shape index (κ3) is 4.56. The largest absolute Gasteiger partial charge is 0.465 e. The normalized spacial score (nSPS) is 15.5. The highest BCUT2D eigenvalue weighted by Crippen LogP contribution is 2.31. The molecular formula is C23H21N3O6S. The molecule has 0 radical (unpaired) electrons. The first kappa shape index (κ1) is 22.4. The summed E-state index contributed by atoms with van der Waals surface area (Å²) in [6.07, 6.45) is 0.0131. The summed E-state index contributed by atoms with van der Waals surface area (Å²) < 4.78 is 10.5. The monoisotopic (exact) mass is 467 g/mol. The van der Waals surface area contributed by atoms with Crippen molar-refractivity contribution >= 4 is 56.1 Å². The number of fused-ring (bicyclic) bond motifs is 1. The summed E-state index contributed by atoms with van der Waals surface area (Å²) in [6, 6.07) is 11.6. The number of hydrogen-bond donors (Lipinski definition) is 1. The Hall–Kier alpha value is -3.79. The molecule has 33 heavy (non-hydrogen) atoms. The van der Waals surface area contributed by atoms with E-state index in [1.165, 1.54) is 23.3 Å². The Balaban J connectivity index is 1.49. The summed E-state index contributed by atoms with van der Waals surface area (Å²) >= 11 is 1.23. The minimum Gasteiger partial charge on any atom is -0.465 e. The topological polar surface area (TPSA) is 115 Å². The number of nitrogens with one attached hydrogen (secondary N) is 1. The summed E-state index contributed by atoms with van der Waals surface area (Å²) in [5.74, 6) is -2.18. The average Bonchev–Trinajstić information content (AvgIpc) is 3.40. The van der Waals surface area contributed by atoms with E-state index in [1.807, 2.05) is 0 Å². The lowest BCUT2D eigenvalue weighted by molar-refractivity contribution is -0.122. The van der Waals surface area contributed by atoms with Crippen LogP contribution in [0.4, 0.5) is 10.8 Å². The highest BCUT2D eigenvalue weighted by Gasteiger charge is 2.37. The van der Waals surface area contributed by atoms with Crippen LogP contribution in [0.3, 0.4) is 0 Å². The number of methoxy groups -OCH3 is 1. The van der Waals surface area contributed by atoms with E-state index in [1.54, 1.807) is 49.4 Å². The van der Waals surface area contributed by atoms with Gasteiger partial charge < -0.3 is 19.7 Å². The molecule has 1 aliphatic rings. The van der Waals surface area contributed by atoms with Crippen LogP contribution in [-0.4, -0.2) is 49.0 Å². The molecule has 170 valence electrons. The fourth-order valence-corrected chi connectivity index (χ4v) is 4.54. The van der Waals surface area contributed by atoms with Crippen LogP contribution in [0.15, 0.2) is 42.5 Å². The van der Waals surface area contributed by atoms with Gasteiger partial charge in [0.25, 0.3) is 0 Å². The van der Waals surface area contributed by atoms with E-state index < -0.39 is 17.9 Å². The van der Waals surface area contributed by atoms with E-state index in [2.05, 4.69) is 10.3 Å². The number of aromatic nitrogens is 1. The third-order valence-corrected chi connectivity index (χ3v) is 6.16. The van der Waals surface area contributed by atoms with Crippen molar-refractivity contribution in [2.24, 2.45) is 5.92 Å². The van der Waals surface area contributed by atoms with Crippen molar-refractivity contribution < 1.29 is 28.7 Å². The summed E-state index contributed by atoms with van der Waals surface area (Å²) in [5, 5.41) is 3.14. The molecule has 9 nitrogen and oxygen atoms in total. The Labute approximate surface area is 193 Å². The maximum atomic E-state index is 12.9. The number of amides is 2. The second kappa shape index (κ2) is 9.37. The molecule has 0 bridgehead atoms. The number of carbonyl (C=O) groups excluding carboxylic acids is 4. The van der Waals surface area contributed by atoms with Crippen LogP contribution in [0.5, 0.6) is 0 Å². The van der Waals surface area contributed by atoms with Crippen LogP contribution in [0, 0.1) is 5.92 Å². The molecule has 1 atom stereocenters. The summed E-state index contributed by atoms with van der Waals surface area (Å²) in [6.45, 7) is 2.15. The molecule has 2 aromatic carbocycles. The number of hydrogen-bond acceptors (Lipinski definition) is 8. The number of rotatable bonds is 6. The molecule has 0 aliphatic carbocycles. The zero-order valence-electron chi connectivity index (χ0n) is 18.0. The van der Waals surface area contributed by atoms with Gasteiger partial charge in [-0.2, -0.15) is 0 Å². The van der Waals surface area contributed by atoms with E-state index in [0.29, 0.717) is 21.9 Å². The third-order valence-electron chi connectivity index (χ3n) is 5.23. The van der Waals surface area contributed by atoms with E-state index in [4.69, 9.17) is 9.47 Å². The van der Waals surface area contributed by atoms with Gasteiger partial charge in [0.15, 0.2) is 5.13 Å². The standard InChI is InChI=1S/C23H21N3O6S/c1-3-32-21(29)13-8-9-16-18(10-13)33-23(24-16)25-20(28)14-11-19(27)26(12-14)17-7-5-4-6-15(17)22(30)31-2/h4-10,14H,3,11-12H2,1-2H3,(H,24,25,28). The predicted molar refractivity (Wildman–Crippen MR) is 122 cm³/mol. The number of thiazole rings is 1. The Bertz CT molecular complexity index is 1250. The zero-order chi connectivity index (χ0) is 23.5. The van der Waals surface area contributed by atoms with Gasteiger partial charge in [-0.25, -0.2) is 14.6 Å². The molecule has 3 aromatic rings. The molecule has 2 heterocycles. The van der Waals surface area contributed by atoms with Gasteiger partial charge in [-0.3, -0.25) is 9.59 Å². The second-order valence-electron chi connectivity index (χ2n) is 7.33. The van der Waals surface area contributed by atoms with E-state index in [0.717, 1.165) is 4.70 Å². The van der Waals surface area contributed by atoms with Gasteiger partial charge in [-0.1, -0.05) is 23.5 Å². The number of anilines is 2. The van der Waals surface area contributed by atoms with Gasteiger partial charge in [-0.15, -0.1) is 0 Å². The molecule has 1 saturated heterocycles. The first-order valence-corrected chi connectivity index (χ1v) is 11.1. The first-order chi connectivity index (χ1) is 15.9. The maximum absolute atomic E-state index is 12.9. The highest BCUT2D eigenvalue weighted by atomic mass is 32.1. The molecular weight excluding hydrogens is 446 g/mol. The van der Waals surface area contributed by atoms with Crippen molar-refractivity contribution in [1.82, 2.24) is 4.98 Å². The molecule has 1 fully saturated rings. The smallest absolute Gasteiger partial charge is 0.339 e. The lowest BCUT2D eigenvalue weighted by Gasteiger charge is -2.19. The van der Waals surface area contributed by atoms with Crippen molar-refractivity contribution in [3.8, 4) is 0 Å². The Morgan fingerprint density at radius 1 is 1.18 bits per heavy atom. The minimum absolute atomic E-state index is 0.0131. The average molecular weight is 468 g/mol. The van der Waals surface area contributed by atoms with Crippen LogP contribution in [0.1, 0.15) is 34.1 Å². The highest BCUT2D eigenvalue weighted by molar-refractivity contribution is 7.22. The van der Waals surface area contributed by atoms with Crippen molar-refractivity contribution in [2.45, 2.75) is 13.3 Å². The maximum Gasteiger partial charge on any atom is 0.339 e. The number of para-hydroxylation sites is 1. The lowest BCUT2D eigenvalue weighted by atomic mass is 10.1. The van der Waals surface area contributed by atoms with E-state index in [9.17, 15) is 19.2 Å². The number of carbonyl (C=O) groups is 4. The van der Waals surface area contributed by atoms with Crippen LogP contribution < -0.4 is 10.2 Å². The number of benzene rings is 2. The summed E-state index contributed by atoms with van der Waals surface area (Å²) in [7, 11) is 1.27. The summed E-state index contributed by atoms with van der Waals surface area (Å²) in [4.78, 5) is 55.3. The van der Waals surface area contributed by atoms with Gasteiger partial charge in [-0.05, 0) is 37.3 Å². The molecule has 0 spiro atoms. The quantitative estimate of drug-likeness (QED) is 0.554. The molecule has 1 N–H and O–H groups in total. The van der Waals surface area contributed by atoms with Gasteiger partial charge in [0.2, 0.25) is 11.8 Å². The number of nitrogens with zero attached hydrogens (tertiary/aromatic N) is 2. The molecule has 0 saturated carbocycles. The fourth-order valence-electron chi connectivity index (χ4n) is 3.63. The SMILES string of the molecule is CCOC(=O)c1ccc2nc(NC(=O)C3CC(=O)N(c4ccccc4C(=O)OC)C3)sc2c1. The molecule has 2 amide bonds. The van der Waals surface area contributed by atoms with Gasteiger partial charge >= 0.3 is 11.9 Å². The van der Waals surface area contributed by atoms with E-state index >= 15 is 0 Å². The molecule has 4 rings (SSSR count). The molecule has 1 unspecified atom stereocenters. The van der Waals surface area contributed by atoms with Gasteiger partial charge in [0, 0.05) is 13.0 Å². The van der Waals surface area contributed by atoms with Gasteiger partial charge in [0.05, 0.1) is 46.7 Å². The van der Waals surface area contributed by atoms with E-state index in [-0.39, 0.29) is 37.0 Å². The minimum atomic E-state index is -0.606. The lowest BCUT2D eigenvalue weighted by Crippen LogP contribution is -2.29. The van der Waals surface area contributed by atoms with Crippen molar-refractivity contribution in [2.75, 3.05) is 30.5 Å². The Morgan fingerprint density at radius 3 is 2.73 bits per heavy atom.